The Balaban J connectivity index is 1.32. The number of benzene rings is 2. The van der Waals surface area contributed by atoms with Crippen molar-refractivity contribution >= 4 is 22.5 Å². The lowest BCUT2D eigenvalue weighted by Gasteiger charge is -2.14. The van der Waals surface area contributed by atoms with Gasteiger partial charge in [-0.3, -0.25) is 19.7 Å². The molecule has 1 N–H and O–H groups in total. The fourth-order valence-corrected chi connectivity index (χ4v) is 3.78. The topological polar surface area (TPSA) is 79.0 Å². The standard InChI is InChI=1S/C23H18N4O2/c28-21(14-27-13-17-3-1-2-4-22(17)23(27)29)9-20-8-18-7-15(19-11-25-26-12-19)5-6-16(18)10-24-20/h1-8,10-12H,9,13-14H2,(H,25,26). The first-order valence-corrected chi connectivity index (χ1v) is 9.44. The quantitative estimate of drug-likeness (QED) is 0.574. The van der Waals surface area contributed by atoms with Crippen LogP contribution in [-0.4, -0.2) is 38.3 Å². The summed E-state index contributed by atoms with van der Waals surface area (Å²) >= 11 is 0. The number of H-pyrrole nitrogens is 1. The molecule has 0 fully saturated rings. The van der Waals surface area contributed by atoms with Crippen LogP contribution in [-0.2, 0) is 17.8 Å². The van der Waals surface area contributed by atoms with Gasteiger partial charge in [-0.05, 0) is 34.7 Å². The van der Waals surface area contributed by atoms with Gasteiger partial charge in [0.15, 0.2) is 5.78 Å². The van der Waals surface area contributed by atoms with Crippen molar-refractivity contribution in [1.29, 1.82) is 0 Å². The Bertz CT molecular complexity index is 1230. The van der Waals surface area contributed by atoms with Gasteiger partial charge < -0.3 is 4.90 Å². The summed E-state index contributed by atoms with van der Waals surface area (Å²) in [7, 11) is 0. The van der Waals surface area contributed by atoms with E-state index in [4.69, 9.17) is 0 Å². The molecule has 0 spiro atoms. The number of aromatic nitrogens is 3. The lowest BCUT2D eigenvalue weighted by atomic mass is 10.0. The maximum Gasteiger partial charge on any atom is 0.254 e. The minimum absolute atomic E-state index is 0.0241. The maximum atomic E-state index is 12.6. The summed E-state index contributed by atoms with van der Waals surface area (Å²) in [6.45, 7) is 0.586. The normalized spacial score (nSPS) is 13.1. The number of ketones is 1. The van der Waals surface area contributed by atoms with Gasteiger partial charge in [0.05, 0.1) is 19.2 Å². The molecule has 142 valence electrons. The van der Waals surface area contributed by atoms with E-state index in [9.17, 15) is 9.59 Å². The number of hydrogen-bond donors (Lipinski definition) is 1. The summed E-state index contributed by atoms with van der Waals surface area (Å²) in [6.07, 6.45) is 5.61. The molecule has 3 heterocycles. The number of amides is 1. The average Bonchev–Trinajstić information content (AvgIpc) is 3.37. The zero-order valence-electron chi connectivity index (χ0n) is 15.6. The number of pyridine rings is 1. The second-order valence-electron chi connectivity index (χ2n) is 7.26. The fraction of sp³-hybridized carbons (Fsp3) is 0.130. The molecule has 0 unspecified atom stereocenters. The third kappa shape index (κ3) is 3.29. The van der Waals surface area contributed by atoms with Crippen molar-refractivity contribution in [2.75, 3.05) is 6.54 Å². The molecule has 2 aromatic carbocycles. The van der Waals surface area contributed by atoms with Crippen LogP contribution in [0.25, 0.3) is 21.9 Å². The first-order valence-electron chi connectivity index (χ1n) is 9.44. The average molecular weight is 382 g/mol. The van der Waals surface area contributed by atoms with E-state index in [-0.39, 0.29) is 24.7 Å². The largest absolute Gasteiger partial charge is 0.327 e. The number of rotatable bonds is 5. The molecule has 0 radical (unpaired) electrons. The highest BCUT2D eigenvalue weighted by Gasteiger charge is 2.28. The second kappa shape index (κ2) is 6.98. The van der Waals surface area contributed by atoms with E-state index >= 15 is 0 Å². The predicted octanol–water partition coefficient (Wildman–Crippen LogP) is 3.39. The SMILES string of the molecule is O=C(Cc1cc2cc(-c3cn[nH]c3)ccc2cn1)CN1Cc2ccccc2C1=O. The highest BCUT2D eigenvalue weighted by atomic mass is 16.2. The number of Topliss-reactive ketones (excluding diaryl/α,β-unsaturated/α-hetero) is 1. The first-order chi connectivity index (χ1) is 14.2. The molecule has 4 aromatic rings. The van der Waals surface area contributed by atoms with E-state index in [1.54, 1.807) is 17.3 Å². The predicted molar refractivity (Wildman–Crippen MR) is 109 cm³/mol. The third-order valence-corrected chi connectivity index (χ3v) is 5.25. The van der Waals surface area contributed by atoms with Crippen molar-refractivity contribution in [1.82, 2.24) is 20.1 Å². The Morgan fingerprint density at radius 2 is 1.93 bits per heavy atom. The molecule has 0 aliphatic carbocycles. The molecule has 1 amide bonds. The number of hydrogen-bond acceptors (Lipinski definition) is 4. The lowest BCUT2D eigenvalue weighted by Crippen LogP contribution is -2.31. The van der Waals surface area contributed by atoms with E-state index in [1.807, 2.05) is 48.7 Å². The van der Waals surface area contributed by atoms with Crippen molar-refractivity contribution in [2.24, 2.45) is 0 Å². The molecule has 6 nitrogen and oxygen atoms in total. The fourth-order valence-electron chi connectivity index (χ4n) is 3.78. The van der Waals surface area contributed by atoms with Crippen molar-refractivity contribution in [3.05, 3.63) is 83.9 Å². The number of carbonyl (C=O) groups is 2. The van der Waals surface area contributed by atoms with Crippen LogP contribution in [0.3, 0.4) is 0 Å². The van der Waals surface area contributed by atoms with Crippen LogP contribution < -0.4 is 0 Å². The molecule has 0 bridgehead atoms. The minimum atomic E-state index is -0.0785. The highest BCUT2D eigenvalue weighted by Crippen LogP contribution is 2.25. The Labute approximate surface area is 167 Å². The number of nitrogens with one attached hydrogen (secondary N) is 1. The van der Waals surface area contributed by atoms with Crippen LogP contribution in [0.1, 0.15) is 21.6 Å². The minimum Gasteiger partial charge on any atom is -0.327 e. The zero-order valence-corrected chi connectivity index (χ0v) is 15.6. The van der Waals surface area contributed by atoms with Crippen molar-refractivity contribution in [2.45, 2.75) is 13.0 Å². The summed E-state index contributed by atoms with van der Waals surface area (Å²) in [5.41, 5.74) is 4.43. The van der Waals surface area contributed by atoms with E-state index in [2.05, 4.69) is 21.2 Å². The summed E-state index contributed by atoms with van der Waals surface area (Å²) in [5, 5.41) is 8.84. The van der Waals surface area contributed by atoms with Gasteiger partial charge in [0, 0.05) is 41.1 Å². The molecular formula is C23H18N4O2. The molecule has 0 saturated carbocycles. The molecule has 0 saturated heterocycles. The van der Waals surface area contributed by atoms with Crippen LogP contribution in [0.2, 0.25) is 0 Å². The van der Waals surface area contributed by atoms with E-state index in [1.165, 1.54) is 0 Å². The van der Waals surface area contributed by atoms with Crippen molar-refractivity contribution in [3.8, 4) is 11.1 Å². The number of nitrogens with zero attached hydrogens (tertiary/aromatic N) is 3. The summed E-state index contributed by atoms with van der Waals surface area (Å²) in [4.78, 5) is 31.1. The molecule has 6 heteroatoms. The Morgan fingerprint density at radius 1 is 1.03 bits per heavy atom. The molecule has 1 aliphatic rings. The van der Waals surface area contributed by atoms with Crippen molar-refractivity contribution in [3.63, 3.8) is 0 Å². The van der Waals surface area contributed by atoms with E-state index < -0.39 is 0 Å². The van der Waals surface area contributed by atoms with Gasteiger partial charge in [-0.25, -0.2) is 0 Å². The van der Waals surface area contributed by atoms with Gasteiger partial charge in [-0.2, -0.15) is 5.10 Å². The number of carbonyl (C=O) groups excluding carboxylic acids is 2. The summed E-state index contributed by atoms with van der Waals surface area (Å²) in [6, 6.07) is 15.5. The monoisotopic (exact) mass is 382 g/mol. The van der Waals surface area contributed by atoms with Gasteiger partial charge in [0.2, 0.25) is 0 Å². The molecule has 2 aromatic heterocycles. The zero-order chi connectivity index (χ0) is 19.8. The first kappa shape index (κ1) is 17.3. The molecule has 29 heavy (non-hydrogen) atoms. The molecule has 5 rings (SSSR count). The summed E-state index contributed by atoms with van der Waals surface area (Å²) < 4.78 is 0. The van der Waals surface area contributed by atoms with Crippen LogP contribution in [0.5, 0.6) is 0 Å². The molecular weight excluding hydrogens is 364 g/mol. The second-order valence-corrected chi connectivity index (χ2v) is 7.26. The van der Waals surface area contributed by atoms with Crippen LogP contribution in [0, 0.1) is 0 Å². The molecule has 0 atom stereocenters. The Hall–Kier alpha value is -3.80. The Kier molecular flexibility index (Phi) is 4.17. The van der Waals surface area contributed by atoms with Gasteiger partial charge >= 0.3 is 0 Å². The van der Waals surface area contributed by atoms with Gasteiger partial charge in [-0.15, -0.1) is 0 Å². The van der Waals surface area contributed by atoms with Gasteiger partial charge in [-0.1, -0.05) is 30.3 Å². The lowest BCUT2D eigenvalue weighted by molar-refractivity contribution is -0.119. The van der Waals surface area contributed by atoms with Crippen LogP contribution in [0.15, 0.2) is 67.1 Å². The van der Waals surface area contributed by atoms with Gasteiger partial charge in [0.1, 0.15) is 0 Å². The number of fused-ring (bicyclic) bond motifs is 2. The Morgan fingerprint density at radius 3 is 2.76 bits per heavy atom. The highest BCUT2D eigenvalue weighted by molar-refractivity contribution is 6.00. The van der Waals surface area contributed by atoms with Crippen molar-refractivity contribution < 1.29 is 9.59 Å². The van der Waals surface area contributed by atoms with Crippen LogP contribution >= 0.6 is 0 Å². The maximum absolute atomic E-state index is 12.6. The van der Waals surface area contributed by atoms with Gasteiger partial charge in [0.25, 0.3) is 5.91 Å². The van der Waals surface area contributed by atoms with E-state index in [0.717, 1.165) is 27.5 Å². The third-order valence-electron chi connectivity index (χ3n) is 5.25. The summed E-state index contributed by atoms with van der Waals surface area (Å²) in [5.74, 6) is -0.103. The van der Waals surface area contributed by atoms with E-state index in [0.29, 0.717) is 17.8 Å². The smallest absolute Gasteiger partial charge is 0.254 e. The van der Waals surface area contributed by atoms with Crippen LogP contribution in [0.4, 0.5) is 0 Å². The number of aromatic amines is 1. The molecule has 1 aliphatic heterocycles.